The molecule has 0 N–H and O–H groups in total. The average Bonchev–Trinajstić information content (AvgIpc) is 2.26. The van der Waals surface area contributed by atoms with Crippen LogP contribution in [0.15, 0.2) is 0 Å². The Bertz CT molecular complexity index is 414. The first-order valence-electron chi connectivity index (χ1n) is 4.28. The molecule has 1 atom stereocenters. The summed E-state index contributed by atoms with van der Waals surface area (Å²) >= 11 is 0. The van der Waals surface area contributed by atoms with Crippen molar-refractivity contribution in [3.63, 3.8) is 0 Å². The summed E-state index contributed by atoms with van der Waals surface area (Å²) in [5.74, 6) is -12.9. The topological polar surface area (TPSA) is 42.2 Å². The van der Waals surface area contributed by atoms with Crippen LogP contribution in [0.25, 0.3) is 0 Å². The van der Waals surface area contributed by atoms with E-state index in [4.69, 9.17) is 5.26 Å². The van der Waals surface area contributed by atoms with E-state index < -0.39 is 43.1 Å². The maximum absolute atomic E-state index is 13.1. The molecule has 21 heavy (non-hydrogen) atoms. The van der Waals surface area contributed by atoms with Crippen LogP contribution < -0.4 is 0 Å². The third-order valence-electron chi connectivity index (χ3n) is 1.75. The van der Waals surface area contributed by atoms with Crippen molar-refractivity contribution in [2.45, 2.75) is 30.2 Å². The van der Waals surface area contributed by atoms with Gasteiger partial charge in [0, 0.05) is 0 Å². The third kappa shape index (κ3) is 3.46. The number of rotatable bonds is 6. The molecule has 3 nitrogen and oxygen atoms in total. The standard InChI is InChI=1S/C7H2F11NO2/c8-2-20-7(17,18)4(11,5(12,13)14)21-6(15,16)3(9,10)1-19/h2H2. The molecule has 0 amide bonds. The van der Waals surface area contributed by atoms with Crippen LogP contribution >= 0.6 is 0 Å². The Balaban J connectivity index is 5.87. The fourth-order valence-corrected chi connectivity index (χ4v) is 0.749. The number of halogens is 11. The Morgan fingerprint density at radius 2 is 1.24 bits per heavy atom. The zero-order valence-corrected chi connectivity index (χ0v) is 9.13. The maximum atomic E-state index is 13.1. The van der Waals surface area contributed by atoms with E-state index in [0.29, 0.717) is 0 Å². The first kappa shape index (κ1) is 19.6. The van der Waals surface area contributed by atoms with E-state index >= 15 is 0 Å². The van der Waals surface area contributed by atoms with E-state index in [-0.39, 0.29) is 0 Å². The molecule has 0 aliphatic heterocycles. The summed E-state index contributed by atoms with van der Waals surface area (Å²) in [5.41, 5.74) is 0. The number of alkyl halides is 11. The molecule has 0 heterocycles. The number of nitriles is 1. The predicted octanol–water partition coefficient (Wildman–Crippen LogP) is 3.52. The molecule has 1 unspecified atom stereocenters. The fraction of sp³-hybridized carbons (Fsp3) is 0.857. The summed E-state index contributed by atoms with van der Waals surface area (Å²) in [5, 5.41) is 7.59. The lowest BCUT2D eigenvalue weighted by molar-refractivity contribution is -0.516. The van der Waals surface area contributed by atoms with Gasteiger partial charge >= 0.3 is 30.2 Å². The molecule has 14 heteroatoms. The first-order valence-corrected chi connectivity index (χ1v) is 4.28. The van der Waals surface area contributed by atoms with Crippen molar-refractivity contribution in [2.24, 2.45) is 0 Å². The second-order valence-corrected chi connectivity index (χ2v) is 3.17. The van der Waals surface area contributed by atoms with Gasteiger partial charge in [-0.25, -0.2) is 4.39 Å². The Morgan fingerprint density at radius 1 is 0.810 bits per heavy atom. The molecule has 0 aromatic heterocycles. The molecule has 0 aliphatic rings. The summed E-state index contributed by atoms with van der Waals surface area (Å²) in [7, 11) is 0. The van der Waals surface area contributed by atoms with Crippen LogP contribution in [0, 0.1) is 11.3 Å². The van der Waals surface area contributed by atoms with Crippen molar-refractivity contribution in [1.29, 1.82) is 5.26 Å². The number of hydrogen-bond donors (Lipinski definition) is 0. The lowest BCUT2D eigenvalue weighted by Crippen LogP contribution is -2.63. The second-order valence-electron chi connectivity index (χ2n) is 3.17. The Kier molecular flexibility index (Phi) is 5.09. The van der Waals surface area contributed by atoms with E-state index in [1.165, 1.54) is 0 Å². The van der Waals surface area contributed by atoms with Gasteiger partial charge in [-0.05, 0) is 0 Å². The van der Waals surface area contributed by atoms with Crippen molar-refractivity contribution < 1.29 is 57.8 Å². The summed E-state index contributed by atoms with van der Waals surface area (Å²) in [6, 6.07) is -0.563. The third-order valence-corrected chi connectivity index (χ3v) is 1.75. The van der Waals surface area contributed by atoms with Gasteiger partial charge in [0.1, 0.15) is 6.07 Å². The SMILES string of the molecule is N#CC(F)(F)C(F)(F)OC(F)(C(F)(F)F)C(F)(F)OCF. The van der Waals surface area contributed by atoms with E-state index in [1.54, 1.807) is 0 Å². The molecule has 0 aromatic rings. The Morgan fingerprint density at radius 3 is 1.52 bits per heavy atom. The van der Waals surface area contributed by atoms with Crippen molar-refractivity contribution in [3.05, 3.63) is 0 Å². The van der Waals surface area contributed by atoms with Crippen LogP contribution in [0.1, 0.15) is 0 Å². The van der Waals surface area contributed by atoms with Gasteiger partial charge in [0.25, 0.3) is 0 Å². The van der Waals surface area contributed by atoms with Crippen LogP contribution in [0.5, 0.6) is 0 Å². The quantitative estimate of drug-likeness (QED) is 0.695. The molecular formula is C7H2F11NO2. The number of nitrogens with zero attached hydrogens (tertiary/aromatic N) is 1. The predicted molar refractivity (Wildman–Crippen MR) is 38.5 cm³/mol. The van der Waals surface area contributed by atoms with Gasteiger partial charge in [-0.15, -0.1) is 0 Å². The summed E-state index contributed by atoms with van der Waals surface area (Å²) < 4.78 is 140. The smallest absolute Gasteiger partial charge is 0.284 e. The van der Waals surface area contributed by atoms with E-state index in [9.17, 15) is 48.3 Å². The van der Waals surface area contributed by atoms with Gasteiger partial charge in [-0.3, -0.25) is 9.47 Å². The van der Waals surface area contributed by atoms with Crippen molar-refractivity contribution in [2.75, 3.05) is 6.86 Å². The monoisotopic (exact) mass is 341 g/mol. The minimum atomic E-state index is -7.04. The van der Waals surface area contributed by atoms with Gasteiger partial charge in [-0.1, -0.05) is 0 Å². The zero-order valence-electron chi connectivity index (χ0n) is 9.13. The Labute approximate surface area is 107 Å². The largest absolute Gasteiger partial charge is 0.458 e. The van der Waals surface area contributed by atoms with Gasteiger partial charge in [0.15, 0.2) is 6.86 Å². The van der Waals surface area contributed by atoms with Gasteiger partial charge in [0.2, 0.25) is 0 Å². The van der Waals surface area contributed by atoms with Crippen LogP contribution in [-0.2, 0) is 9.47 Å². The highest BCUT2D eigenvalue weighted by molar-refractivity contribution is 5.00. The fourth-order valence-electron chi connectivity index (χ4n) is 0.749. The molecule has 0 radical (unpaired) electrons. The molecule has 0 rings (SSSR count). The van der Waals surface area contributed by atoms with Gasteiger partial charge in [-0.2, -0.15) is 49.2 Å². The van der Waals surface area contributed by atoms with Crippen LogP contribution in [-0.4, -0.2) is 37.0 Å². The lowest BCUT2D eigenvalue weighted by Gasteiger charge is -2.36. The van der Waals surface area contributed by atoms with Crippen LogP contribution in [0.2, 0.25) is 0 Å². The molecule has 0 aliphatic carbocycles. The minimum absolute atomic E-state index is 0.563. The molecule has 0 saturated heterocycles. The molecule has 0 bridgehead atoms. The van der Waals surface area contributed by atoms with Gasteiger partial charge < -0.3 is 0 Å². The van der Waals surface area contributed by atoms with E-state index in [1.807, 2.05) is 4.74 Å². The summed E-state index contributed by atoms with van der Waals surface area (Å²) in [6.45, 7) is -2.79. The van der Waals surface area contributed by atoms with E-state index in [2.05, 4.69) is 4.74 Å². The molecular weight excluding hydrogens is 339 g/mol. The number of ether oxygens (including phenoxy) is 2. The van der Waals surface area contributed by atoms with Crippen LogP contribution in [0.3, 0.4) is 0 Å². The van der Waals surface area contributed by atoms with Crippen molar-refractivity contribution in [1.82, 2.24) is 0 Å². The normalized spacial score (nSPS) is 17.2. The molecule has 124 valence electrons. The highest BCUT2D eigenvalue weighted by Crippen LogP contribution is 2.51. The highest BCUT2D eigenvalue weighted by Gasteiger charge is 2.80. The second kappa shape index (κ2) is 5.44. The van der Waals surface area contributed by atoms with Crippen LogP contribution in [0.4, 0.5) is 48.3 Å². The molecule has 0 saturated carbocycles. The van der Waals surface area contributed by atoms with Crippen molar-refractivity contribution >= 4 is 0 Å². The number of hydrogen-bond acceptors (Lipinski definition) is 3. The summed E-state index contributed by atoms with van der Waals surface area (Å²) in [4.78, 5) is 0. The summed E-state index contributed by atoms with van der Waals surface area (Å²) in [6.07, 6.45) is -20.1. The Hall–Kier alpha value is -1.36. The molecule has 0 spiro atoms. The molecule has 0 aromatic carbocycles. The van der Waals surface area contributed by atoms with E-state index in [0.717, 1.165) is 0 Å². The lowest BCUT2D eigenvalue weighted by atomic mass is 10.2. The highest BCUT2D eigenvalue weighted by atomic mass is 19.4. The van der Waals surface area contributed by atoms with Gasteiger partial charge in [0.05, 0.1) is 0 Å². The first-order chi connectivity index (χ1) is 9.08. The zero-order chi connectivity index (χ0) is 17.3. The van der Waals surface area contributed by atoms with Crippen molar-refractivity contribution in [3.8, 4) is 6.07 Å². The average molecular weight is 341 g/mol. The maximum Gasteiger partial charge on any atom is 0.458 e. The minimum Gasteiger partial charge on any atom is -0.284 e. The molecule has 0 fully saturated rings.